The summed E-state index contributed by atoms with van der Waals surface area (Å²) in [6.07, 6.45) is 7.10. The normalized spacial score (nSPS) is 18.7. The first kappa shape index (κ1) is 15.7. The monoisotopic (exact) mass is 312 g/mol. The topological polar surface area (TPSA) is 44.9 Å². The van der Waals surface area contributed by atoms with Crippen LogP contribution in [-0.2, 0) is 20.0 Å². The maximum atomic E-state index is 13.5. The molecule has 2 aromatic rings. The van der Waals surface area contributed by atoms with Gasteiger partial charge in [0.25, 0.3) is 0 Å². The van der Waals surface area contributed by atoms with E-state index in [0.717, 1.165) is 37.3 Å². The SMILES string of the molecule is Cn1ccnc1C[C@H]1CCCN(Cc2cc(F)ccc2C#N)C1. The van der Waals surface area contributed by atoms with Crippen molar-refractivity contribution >= 4 is 0 Å². The van der Waals surface area contributed by atoms with E-state index >= 15 is 0 Å². The highest BCUT2D eigenvalue weighted by atomic mass is 19.1. The lowest BCUT2D eigenvalue weighted by atomic mass is 9.94. The van der Waals surface area contributed by atoms with Crippen molar-refractivity contribution < 1.29 is 4.39 Å². The molecule has 1 aromatic carbocycles. The van der Waals surface area contributed by atoms with Gasteiger partial charge in [0.15, 0.2) is 0 Å². The molecular formula is C18H21FN4. The van der Waals surface area contributed by atoms with Crippen molar-refractivity contribution in [2.45, 2.75) is 25.8 Å². The molecule has 2 heterocycles. The van der Waals surface area contributed by atoms with Crippen LogP contribution in [-0.4, -0.2) is 27.5 Å². The Balaban J connectivity index is 1.66. The van der Waals surface area contributed by atoms with Gasteiger partial charge in [-0.3, -0.25) is 4.90 Å². The number of halogens is 1. The second-order valence-electron chi connectivity index (χ2n) is 6.32. The van der Waals surface area contributed by atoms with Crippen LogP contribution in [0.2, 0.25) is 0 Å². The quantitative estimate of drug-likeness (QED) is 0.872. The van der Waals surface area contributed by atoms with E-state index in [9.17, 15) is 9.65 Å². The fourth-order valence-electron chi connectivity index (χ4n) is 3.36. The third-order valence-corrected chi connectivity index (χ3v) is 4.58. The lowest BCUT2D eigenvalue weighted by molar-refractivity contribution is 0.165. The average molecular weight is 312 g/mol. The molecule has 1 aromatic heterocycles. The minimum atomic E-state index is -0.277. The Morgan fingerprint density at radius 3 is 3.04 bits per heavy atom. The smallest absolute Gasteiger partial charge is 0.123 e. The highest BCUT2D eigenvalue weighted by molar-refractivity contribution is 5.37. The van der Waals surface area contributed by atoms with Crippen molar-refractivity contribution in [3.05, 3.63) is 53.4 Å². The molecule has 23 heavy (non-hydrogen) atoms. The molecule has 0 spiro atoms. The van der Waals surface area contributed by atoms with Crippen molar-refractivity contribution in [3.8, 4) is 6.07 Å². The van der Waals surface area contributed by atoms with Gasteiger partial charge in [0.2, 0.25) is 0 Å². The van der Waals surface area contributed by atoms with E-state index in [1.54, 1.807) is 6.07 Å². The number of aryl methyl sites for hydroxylation is 1. The molecule has 0 N–H and O–H groups in total. The minimum absolute atomic E-state index is 0.277. The van der Waals surface area contributed by atoms with Crippen LogP contribution in [0.25, 0.3) is 0 Å². The third-order valence-electron chi connectivity index (χ3n) is 4.58. The molecule has 4 nitrogen and oxygen atoms in total. The summed E-state index contributed by atoms with van der Waals surface area (Å²) < 4.78 is 15.5. The third kappa shape index (κ3) is 3.77. The van der Waals surface area contributed by atoms with Crippen LogP contribution in [0.3, 0.4) is 0 Å². The first-order valence-corrected chi connectivity index (χ1v) is 8.03. The van der Waals surface area contributed by atoms with Crippen LogP contribution < -0.4 is 0 Å². The zero-order valence-corrected chi connectivity index (χ0v) is 13.4. The number of piperidine rings is 1. The second kappa shape index (κ2) is 6.93. The van der Waals surface area contributed by atoms with Crippen molar-refractivity contribution in [1.82, 2.24) is 14.5 Å². The van der Waals surface area contributed by atoms with Gasteiger partial charge in [0.05, 0.1) is 11.6 Å². The molecule has 1 saturated heterocycles. The Labute approximate surface area is 136 Å². The summed E-state index contributed by atoms with van der Waals surface area (Å²) in [4.78, 5) is 6.74. The van der Waals surface area contributed by atoms with Gasteiger partial charge in [-0.2, -0.15) is 5.26 Å². The highest BCUT2D eigenvalue weighted by Gasteiger charge is 2.22. The van der Waals surface area contributed by atoms with Crippen molar-refractivity contribution in [2.75, 3.05) is 13.1 Å². The number of nitrogens with zero attached hydrogens (tertiary/aromatic N) is 4. The van der Waals surface area contributed by atoms with E-state index in [0.29, 0.717) is 18.0 Å². The number of hydrogen-bond acceptors (Lipinski definition) is 3. The molecule has 1 atom stereocenters. The standard InChI is InChI=1S/C18H21FN4/c1-22-8-6-21-18(22)9-14-3-2-7-23(12-14)13-16-10-17(19)5-4-15(16)11-20/h4-6,8,10,14H,2-3,7,9,12-13H2,1H3/t14-/m1/s1. The molecule has 0 saturated carbocycles. The van der Waals surface area contributed by atoms with E-state index in [1.165, 1.54) is 18.6 Å². The summed E-state index contributed by atoms with van der Waals surface area (Å²) in [5, 5.41) is 9.19. The number of aromatic nitrogens is 2. The van der Waals surface area contributed by atoms with Gasteiger partial charge in [-0.15, -0.1) is 0 Å². The van der Waals surface area contributed by atoms with E-state index in [4.69, 9.17) is 0 Å². The van der Waals surface area contributed by atoms with Crippen LogP contribution in [0.5, 0.6) is 0 Å². The van der Waals surface area contributed by atoms with Crippen LogP contribution in [0.4, 0.5) is 4.39 Å². The number of benzene rings is 1. The molecule has 1 aliphatic heterocycles. The zero-order chi connectivity index (χ0) is 16.2. The fourth-order valence-corrected chi connectivity index (χ4v) is 3.36. The van der Waals surface area contributed by atoms with E-state index in [1.807, 2.05) is 19.4 Å². The number of imidazole rings is 1. The Morgan fingerprint density at radius 1 is 1.43 bits per heavy atom. The van der Waals surface area contributed by atoms with E-state index in [2.05, 4.69) is 20.5 Å². The van der Waals surface area contributed by atoms with Crippen LogP contribution in [0.1, 0.15) is 29.8 Å². The predicted octanol–water partition coefficient (Wildman–Crippen LogP) is 2.89. The van der Waals surface area contributed by atoms with Crippen molar-refractivity contribution in [3.63, 3.8) is 0 Å². The summed E-state index contributed by atoms with van der Waals surface area (Å²) >= 11 is 0. The zero-order valence-electron chi connectivity index (χ0n) is 13.4. The van der Waals surface area contributed by atoms with Gasteiger partial charge in [-0.1, -0.05) is 0 Å². The van der Waals surface area contributed by atoms with Gasteiger partial charge in [-0.05, 0) is 49.1 Å². The summed E-state index contributed by atoms with van der Waals surface area (Å²) in [6, 6.07) is 6.57. The Hall–Kier alpha value is -2.19. The first-order valence-electron chi connectivity index (χ1n) is 8.03. The molecule has 1 fully saturated rings. The lowest BCUT2D eigenvalue weighted by Gasteiger charge is -2.32. The summed E-state index contributed by atoms with van der Waals surface area (Å²) in [5.74, 6) is 1.39. The number of rotatable bonds is 4. The molecule has 0 aliphatic carbocycles. The van der Waals surface area contributed by atoms with Gasteiger partial charge < -0.3 is 4.57 Å². The number of likely N-dealkylation sites (tertiary alicyclic amines) is 1. The molecule has 0 bridgehead atoms. The molecule has 3 rings (SSSR count). The Morgan fingerprint density at radius 2 is 2.30 bits per heavy atom. The molecule has 1 aliphatic rings. The molecule has 0 amide bonds. The largest absolute Gasteiger partial charge is 0.338 e. The first-order chi connectivity index (χ1) is 11.2. The predicted molar refractivity (Wildman–Crippen MR) is 86.0 cm³/mol. The van der Waals surface area contributed by atoms with E-state index < -0.39 is 0 Å². The summed E-state index contributed by atoms with van der Waals surface area (Å²) in [6.45, 7) is 2.60. The average Bonchev–Trinajstić information content (AvgIpc) is 2.93. The van der Waals surface area contributed by atoms with Gasteiger partial charge >= 0.3 is 0 Å². The van der Waals surface area contributed by atoms with E-state index in [-0.39, 0.29) is 5.82 Å². The maximum absolute atomic E-state index is 13.5. The molecular weight excluding hydrogens is 291 g/mol. The second-order valence-corrected chi connectivity index (χ2v) is 6.32. The summed E-state index contributed by atoms with van der Waals surface area (Å²) in [7, 11) is 2.02. The lowest BCUT2D eigenvalue weighted by Crippen LogP contribution is -2.36. The summed E-state index contributed by atoms with van der Waals surface area (Å²) in [5.41, 5.74) is 1.35. The van der Waals surface area contributed by atoms with Crippen molar-refractivity contribution in [2.24, 2.45) is 13.0 Å². The van der Waals surface area contributed by atoms with Crippen LogP contribution in [0, 0.1) is 23.1 Å². The Bertz CT molecular complexity index is 716. The number of hydrogen-bond donors (Lipinski definition) is 0. The van der Waals surface area contributed by atoms with Gasteiger partial charge in [-0.25, -0.2) is 9.37 Å². The molecule has 0 radical (unpaired) electrons. The van der Waals surface area contributed by atoms with Gasteiger partial charge in [0.1, 0.15) is 11.6 Å². The molecule has 5 heteroatoms. The number of nitriles is 1. The van der Waals surface area contributed by atoms with Gasteiger partial charge in [0, 0.05) is 39.0 Å². The molecule has 0 unspecified atom stereocenters. The maximum Gasteiger partial charge on any atom is 0.123 e. The fraction of sp³-hybridized carbons (Fsp3) is 0.444. The highest BCUT2D eigenvalue weighted by Crippen LogP contribution is 2.23. The van der Waals surface area contributed by atoms with Crippen LogP contribution >= 0.6 is 0 Å². The van der Waals surface area contributed by atoms with Crippen molar-refractivity contribution in [1.29, 1.82) is 5.26 Å². The minimum Gasteiger partial charge on any atom is -0.338 e. The Kier molecular flexibility index (Phi) is 4.73. The molecule has 120 valence electrons. The van der Waals surface area contributed by atoms with Crippen LogP contribution in [0.15, 0.2) is 30.6 Å².